The minimum Gasteiger partial charge on any atom is -0.349 e. The van der Waals surface area contributed by atoms with E-state index in [-0.39, 0.29) is 11.9 Å². The van der Waals surface area contributed by atoms with Crippen LogP contribution in [0.5, 0.6) is 0 Å². The lowest BCUT2D eigenvalue weighted by Crippen LogP contribution is -2.36. The average molecular weight is 274 g/mol. The van der Waals surface area contributed by atoms with Gasteiger partial charge in [-0.05, 0) is 56.5 Å². The molecule has 2 rings (SSSR count). The van der Waals surface area contributed by atoms with E-state index in [9.17, 15) is 4.79 Å². The fourth-order valence-electron chi connectivity index (χ4n) is 2.42. The van der Waals surface area contributed by atoms with Crippen molar-refractivity contribution in [3.05, 3.63) is 35.4 Å². The van der Waals surface area contributed by atoms with E-state index in [1.54, 1.807) is 0 Å². The Hall–Kier alpha value is -1.35. The third-order valence-corrected chi connectivity index (χ3v) is 4.18. The summed E-state index contributed by atoms with van der Waals surface area (Å²) >= 11 is 0. The summed E-state index contributed by atoms with van der Waals surface area (Å²) in [5.41, 5.74) is 2.04. The zero-order valence-corrected chi connectivity index (χ0v) is 12.9. The molecule has 1 saturated heterocycles. The van der Waals surface area contributed by atoms with Crippen LogP contribution >= 0.6 is 0 Å². The molecule has 0 unspecified atom stereocenters. The molecule has 0 aliphatic carbocycles. The van der Waals surface area contributed by atoms with Gasteiger partial charge in [0.1, 0.15) is 0 Å². The maximum atomic E-state index is 12.1. The molecule has 110 valence electrons. The van der Waals surface area contributed by atoms with Gasteiger partial charge in [0.2, 0.25) is 0 Å². The lowest BCUT2D eigenvalue weighted by Gasteiger charge is -2.18. The number of amides is 1. The predicted molar refractivity (Wildman–Crippen MR) is 82.7 cm³/mol. The molecule has 0 spiro atoms. The summed E-state index contributed by atoms with van der Waals surface area (Å²) in [6, 6.07) is 8.23. The molecule has 0 saturated carbocycles. The van der Waals surface area contributed by atoms with Crippen molar-refractivity contribution in [3.63, 3.8) is 0 Å². The fraction of sp³-hybridized carbons (Fsp3) is 0.588. The lowest BCUT2D eigenvalue weighted by atomic mass is 10.1. The Morgan fingerprint density at radius 2 is 1.75 bits per heavy atom. The van der Waals surface area contributed by atoms with Crippen molar-refractivity contribution < 1.29 is 4.79 Å². The molecule has 3 heteroatoms. The molecule has 1 aromatic carbocycles. The number of carbonyl (C=O) groups excluding carboxylic acids is 1. The number of benzene rings is 1. The van der Waals surface area contributed by atoms with Crippen LogP contribution < -0.4 is 5.32 Å². The summed E-state index contributed by atoms with van der Waals surface area (Å²) in [5.74, 6) is 0.479. The number of hydrogen-bond acceptors (Lipinski definition) is 2. The highest BCUT2D eigenvalue weighted by Crippen LogP contribution is 2.13. The highest BCUT2D eigenvalue weighted by atomic mass is 16.1. The molecular weight excluding hydrogens is 248 g/mol. The van der Waals surface area contributed by atoms with Crippen LogP contribution in [0.15, 0.2) is 24.3 Å². The molecule has 0 radical (unpaired) electrons. The second-order valence-electron chi connectivity index (χ2n) is 6.19. The Morgan fingerprint density at radius 1 is 1.15 bits per heavy atom. The Labute approximate surface area is 122 Å². The van der Waals surface area contributed by atoms with E-state index in [2.05, 4.69) is 36.2 Å². The Kier molecular flexibility index (Phi) is 5.18. The summed E-state index contributed by atoms with van der Waals surface area (Å²) in [6.07, 6.45) is 2.63. The van der Waals surface area contributed by atoms with Crippen LogP contribution in [-0.4, -0.2) is 29.9 Å². The lowest BCUT2D eigenvalue weighted by molar-refractivity contribution is 0.0930. The minimum atomic E-state index is 0.0268. The van der Waals surface area contributed by atoms with E-state index in [0.717, 1.165) is 12.1 Å². The molecule has 0 bridgehead atoms. The van der Waals surface area contributed by atoms with Crippen molar-refractivity contribution in [3.8, 4) is 0 Å². The van der Waals surface area contributed by atoms with Gasteiger partial charge in [-0.25, -0.2) is 0 Å². The predicted octanol–water partition coefficient (Wildman–Crippen LogP) is 3.06. The van der Waals surface area contributed by atoms with E-state index < -0.39 is 0 Å². The highest BCUT2D eigenvalue weighted by Gasteiger charge is 2.14. The topological polar surface area (TPSA) is 32.3 Å². The summed E-state index contributed by atoms with van der Waals surface area (Å²) in [4.78, 5) is 14.6. The van der Waals surface area contributed by atoms with Crippen LogP contribution in [0.1, 0.15) is 49.5 Å². The Balaban J connectivity index is 1.91. The average Bonchev–Trinajstić information content (AvgIpc) is 2.92. The largest absolute Gasteiger partial charge is 0.349 e. The van der Waals surface area contributed by atoms with Gasteiger partial charge in [0, 0.05) is 18.2 Å². The summed E-state index contributed by atoms with van der Waals surface area (Å²) in [5, 5.41) is 3.04. The number of rotatable bonds is 5. The van der Waals surface area contributed by atoms with Crippen molar-refractivity contribution in [1.29, 1.82) is 0 Å². The Bertz CT molecular complexity index is 433. The van der Waals surface area contributed by atoms with Gasteiger partial charge < -0.3 is 5.32 Å². The number of hydrogen-bond donors (Lipinski definition) is 1. The van der Waals surface area contributed by atoms with Crippen LogP contribution in [0.2, 0.25) is 0 Å². The number of likely N-dealkylation sites (tertiary alicyclic amines) is 1. The van der Waals surface area contributed by atoms with Crippen LogP contribution in [0.25, 0.3) is 0 Å². The zero-order valence-electron chi connectivity index (χ0n) is 12.9. The first-order chi connectivity index (χ1) is 9.56. The molecule has 1 heterocycles. The normalized spacial score (nSPS) is 17.4. The van der Waals surface area contributed by atoms with Gasteiger partial charge >= 0.3 is 0 Å². The molecule has 1 N–H and O–H groups in total. The SMILES string of the molecule is CC(C)[C@H](C)NC(=O)c1ccc(CN2CCCC2)cc1. The first-order valence-corrected chi connectivity index (χ1v) is 7.68. The minimum absolute atomic E-state index is 0.0268. The smallest absolute Gasteiger partial charge is 0.251 e. The van der Waals surface area contributed by atoms with Gasteiger partial charge in [0.05, 0.1) is 0 Å². The standard InChI is InChI=1S/C17H26N2O/c1-13(2)14(3)18-17(20)16-8-6-15(7-9-16)12-19-10-4-5-11-19/h6-9,13-14H,4-5,10-12H2,1-3H3,(H,18,20)/t14-/m0/s1. The Morgan fingerprint density at radius 3 is 2.30 bits per heavy atom. The van der Waals surface area contributed by atoms with Crippen LogP contribution in [0, 0.1) is 5.92 Å². The van der Waals surface area contributed by atoms with Gasteiger partial charge in [-0.3, -0.25) is 9.69 Å². The maximum Gasteiger partial charge on any atom is 0.251 e. The molecule has 1 fully saturated rings. The van der Waals surface area contributed by atoms with Crippen LogP contribution in [-0.2, 0) is 6.54 Å². The molecule has 1 aromatic rings. The summed E-state index contributed by atoms with van der Waals surface area (Å²) < 4.78 is 0. The molecule has 1 aliphatic heterocycles. The number of nitrogens with one attached hydrogen (secondary N) is 1. The third kappa shape index (κ3) is 4.07. The number of nitrogens with zero attached hydrogens (tertiary/aromatic N) is 1. The van der Waals surface area contributed by atoms with Crippen LogP contribution in [0.3, 0.4) is 0 Å². The zero-order chi connectivity index (χ0) is 14.5. The molecule has 0 aromatic heterocycles. The van der Waals surface area contributed by atoms with Gasteiger partial charge in [-0.1, -0.05) is 26.0 Å². The van der Waals surface area contributed by atoms with E-state index >= 15 is 0 Å². The van der Waals surface area contributed by atoms with Crippen molar-refractivity contribution in [2.24, 2.45) is 5.92 Å². The van der Waals surface area contributed by atoms with Gasteiger partial charge in [-0.2, -0.15) is 0 Å². The van der Waals surface area contributed by atoms with E-state index in [4.69, 9.17) is 0 Å². The van der Waals surface area contributed by atoms with Crippen molar-refractivity contribution in [1.82, 2.24) is 10.2 Å². The quantitative estimate of drug-likeness (QED) is 0.895. The molecule has 20 heavy (non-hydrogen) atoms. The fourth-order valence-corrected chi connectivity index (χ4v) is 2.42. The maximum absolute atomic E-state index is 12.1. The summed E-state index contributed by atoms with van der Waals surface area (Å²) in [6.45, 7) is 9.69. The monoisotopic (exact) mass is 274 g/mol. The van der Waals surface area contributed by atoms with E-state index in [1.165, 1.54) is 31.5 Å². The second-order valence-corrected chi connectivity index (χ2v) is 6.19. The second kappa shape index (κ2) is 6.89. The van der Waals surface area contributed by atoms with Crippen molar-refractivity contribution in [2.45, 2.75) is 46.2 Å². The first kappa shape index (κ1) is 15.0. The highest BCUT2D eigenvalue weighted by molar-refractivity contribution is 5.94. The van der Waals surface area contributed by atoms with Crippen molar-refractivity contribution in [2.75, 3.05) is 13.1 Å². The summed E-state index contributed by atoms with van der Waals surface area (Å²) in [7, 11) is 0. The molecule has 1 amide bonds. The van der Waals surface area contributed by atoms with Gasteiger partial charge in [0.25, 0.3) is 5.91 Å². The van der Waals surface area contributed by atoms with E-state index in [1.807, 2.05) is 19.1 Å². The van der Waals surface area contributed by atoms with Crippen LogP contribution in [0.4, 0.5) is 0 Å². The van der Waals surface area contributed by atoms with E-state index in [0.29, 0.717) is 5.92 Å². The molecular formula is C17H26N2O. The molecule has 1 aliphatic rings. The van der Waals surface area contributed by atoms with Gasteiger partial charge in [0.15, 0.2) is 0 Å². The van der Waals surface area contributed by atoms with Gasteiger partial charge in [-0.15, -0.1) is 0 Å². The molecule has 3 nitrogen and oxygen atoms in total. The number of carbonyl (C=O) groups is 1. The molecule has 1 atom stereocenters. The van der Waals surface area contributed by atoms with Crippen molar-refractivity contribution >= 4 is 5.91 Å². The first-order valence-electron chi connectivity index (χ1n) is 7.68. The third-order valence-electron chi connectivity index (χ3n) is 4.18.